The van der Waals surface area contributed by atoms with Crippen LogP contribution in [0.2, 0.25) is 0 Å². The van der Waals surface area contributed by atoms with Gasteiger partial charge in [0.1, 0.15) is 0 Å². The maximum absolute atomic E-state index is 12.3. The predicted octanol–water partition coefficient (Wildman–Crippen LogP) is 0.609. The Morgan fingerprint density at radius 2 is 2.19 bits per heavy atom. The number of nitrogens with zero attached hydrogens (tertiary/aromatic N) is 1. The first-order chi connectivity index (χ1) is 7.72. The van der Waals surface area contributed by atoms with Crippen LogP contribution in [0.4, 0.5) is 0 Å². The van der Waals surface area contributed by atoms with Gasteiger partial charge in [-0.1, -0.05) is 6.92 Å². The van der Waals surface area contributed by atoms with E-state index in [1.807, 2.05) is 4.90 Å². The highest BCUT2D eigenvalue weighted by atomic mass is 16.5. The van der Waals surface area contributed by atoms with Gasteiger partial charge in [0.2, 0.25) is 5.91 Å². The lowest BCUT2D eigenvalue weighted by Gasteiger charge is -2.26. The van der Waals surface area contributed by atoms with Crippen LogP contribution in [-0.4, -0.2) is 43.2 Å². The third kappa shape index (κ3) is 2.74. The van der Waals surface area contributed by atoms with Crippen molar-refractivity contribution in [2.75, 3.05) is 26.3 Å². The second-order valence-corrected chi connectivity index (χ2v) is 5.04. The minimum Gasteiger partial charge on any atom is -0.379 e. The lowest BCUT2D eigenvalue weighted by atomic mass is 10.0. The molecule has 1 amide bonds. The Bertz CT molecular complexity index is 253. The normalized spacial score (nSPS) is 29.4. The lowest BCUT2D eigenvalue weighted by Crippen LogP contribution is -2.44. The number of rotatable bonds is 5. The molecule has 0 radical (unpaired) electrons. The summed E-state index contributed by atoms with van der Waals surface area (Å²) < 4.78 is 5.27. The average Bonchev–Trinajstić information content (AvgIpc) is 2.98. The molecule has 2 atom stereocenters. The number of carbonyl (C=O) groups excluding carboxylic acids is 1. The van der Waals surface area contributed by atoms with Crippen LogP contribution in [0.5, 0.6) is 0 Å². The van der Waals surface area contributed by atoms with Gasteiger partial charge < -0.3 is 15.4 Å². The number of ether oxygens (including phenoxy) is 1. The zero-order valence-electron chi connectivity index (χ0n) is 10.0. The van der Waals surface area contributed by atoms with Gasteiger partial charge in [-0.15, -0.1) is 0 Å². The molecule has 0 aromatic rings. The molecule has 1 saturated carbocycles. The van der Waals surface area contributed by atoms with E-state index in [2.05, 4.69) is 6.92 Å². The second kappa shape index (κ2) is 5.15. The lowest BCUT2D eigenvalue weighted by molar-refractivity contribution is -0.136. The maximum Gasteiger partial charge on any atom is 0.229 e. The number of carbonyl (C=O) groups is 1. The van der Waals surface area contributed by atoms with Gasteiger partial charge in [0.05, 0.1) is 19.1 Å². The van der Waals surface area contributed by atoms with Gasteiger partial charge in [0, 0.05) is 19.1 Å². The molecule has 1 aliphatic heterocycles. The molecule has 0 spiro atoms. The van der Waals surface area contributed by atoms with E-state index in [1.54, 1.807) is 0 Å². The van der Waals surface area contributed by atoms with Crippen molar-refractivity contribution in [3.63, 3.8) is 0 Å². The zero-order valence-corrected chi connectivity index (χ0v) is 10.0. The van der Waals surface area contributed by atoms with E-state index in [0.29, 0.717) is 13.2 Å². The topological polar surface area (TPSA) is 55.6 Å². The van der Waals surface area contributed by atoms with Crippen LogP contribution in [0.25, 0.3) is 0 Å². The molecule has 16 heavy (non-hydrogen) atoms. The Labute approximate surface area is 97.1 Å². The van der Waals surface area contributed by atoms with Crippen LogP contribution in [0, 0.1) is 11.8 Å². The van der Waals surface area contributed by atoms with Crippen LogP contribution in [0.15, 0.2) is 0 Å². The highest BCUT2D eigenvalue weighted by Gasteiger charge is 2.36. The van der Waals surface area contributed by atoms with Gasteiger partial charge in [-0.3, -0.25) is 4.79 Å². The number of hydrogen-bond donors (Lipinski definition) is 1. The summed E-state index contributed by atoms with van der Waals surface area (Å²) in [5.74, 6) is 0.845. The van der Waals surface area contributed by atoms with Crippen molar-refractivity contribution in [1.29, 1.82) is 0 Å². The van der Waals surface area contributed by atoms with Gasteiger partial charge in [-0.05, 0) is 25.2 Å². The summed E-state index contributed by atoms with van der Waals surface area (Å²) in [5, 5.41) is 0. The number of hydrogen-bond acceptors (Lipinski definition) is 3. The Hall–Kier alpha value is -0.610. The Morgan fingerprint density at radius 3 is 2.69 bits per heavy atom. The fourth-order valence-corrected chi connectivity index (χ4v) is 2.23. The van der Waals surface area contributed by atoms with Crippen molar-refractivity contribution in [2.45, 2.75) is 32.2 Å². The molecule has 0 bridgehead atoms. The van der Waals surface area contributed by atoms with Crippen LogP contribution < -0.4 is 5.73 Å². The van der Waals surface area contributed by atoms with Crippen molar-refractivity contribution < 1.29 is 9.53 Å². The molecule has 4 heteroatoms. The maximum atomic E-state index is 12.3. The highest BCUT2D eigenvalue weighted by Crippen LogP contribution is 2.30. The standard InChI is InChI=1S/C12H22N2O2/c1-2-5-14(6-9-3-4-9)12(15)10-7-16-8-11(10)13/h9-11H,2-8,13H2,1H3. The van der Waals surface area contributed by atoms with Crippen molar-refractivity contribution in [2.24, 2.45) is 17.6 Å². The van der Waals surface area contributed by atoms with E-state index in [-0.39, 0.29) is 17.9 Å². The number of nitrogens with two attached hydrogens (primary N) is 1. The van der Waals surface area contributed by atoms with Crippen LogP contribution >= 0.6 is 0 Å². The minimum atomic E-state index is -0.106. The molecule has 2 fully saturated rings. The summed E-state index contributed by atoms with van der Waals surface area (Å²) in [7, 11) is 0. The summed E-state index contributed by atoms with van der Waals surface area (Å²) >= 11 is 0. The third-order valence-corrected chi connectivity index (χ3v) is 3.42. The summed E-state index contributed by atoms with van der Waals surface area (Å²) in [5.41, 5.74) is 5.89. The van der Waals surface area contributed by atoms with E-state index in [9.17, 15) is 4.79 Å². The highest BCUT2D eigenvalue weighted by molar-refractivity contribution is 5.80. The molecule has 2 unspecified atom stereocenters. The Kier molecular flexibility index (Phi) is 3.82. The first-order valence-electron chi connectivity index (χ1n) is 6.34. The molecule has 2 aliphatic rings. The first-order valence-corrected chi connectivity index (χ1v) is 6.34. The van der Waals surface area contributed by atoms with Crippen LogP contribution in [0.1, 0.15) is 26.2 Å². The van der Waals surface area contributed by atoms with E-state index in [0.717, 1.165) is 25.4 Å². The quantitative estimate of drug-likeness (QED) is 0.747. The van der Waals surface area contributed by atoms with Crippen molar-refractivity contribution in [1.82, 2.24) is 4.90 Å². The van der Waals surface area contributed by atoms with Crippen molar-refractivity contribution in [3.05, 3.63) is 0 Å². The fourth-order valence-electron chi connectivity index (χ4n) is 2.23. The predicted molar refractivity (Wildman–Crippen MR) is 61.9 cm³/mol. The molecule has 1 aliphatic carbocycles. The summed E-state index contributed by atoms with van der Waals surface area (Å²) in [6.45, 7) is 4.93. The molecular weight excluding hydrogens is 204 g/mol. The van der Waals surface area contributed by atoms with E-state index >= 15 is 0 Å². The molecule has 1 heterocycles. The zero-order chi connectivity index (χ0) is 11.5. The van der Waals surface area contributed by atoms with Gasteiger partial charge in [0.25, 0.3) is 0 Å². The van der Waals surface area contributed by atoms with Gasteiger partial charge in [0.15, 0.2) is 0 Å². The number of amides is 1. The van der Waals surface area contributed by atoms with Crippen LogP contribution in [0.3, 0.4) is 0 Å². The van der Waals surface area contributed by atoms with Crippen LogP contribution in [-0.2, 0) is 9.53 Å². The van der Waals surface area contributed by atoms with Crippen molar-refractivity contribution in [3.8, 4) is 0 Å². The van der Waals surface area contributed by atoms with Crippen molar-refractivity contribution >= 4 is 5.91 Å². The summed E-state index contributed by atoms with van der Waals surface area (Å²) in [6.07, 6.45) is 3.57. The van der Waals surface area contributed by atoms with Gasteiger partial charge in [-0.2, -0.15) is 0 Å². The molecular formula is C12H22N2O2. The molecule has 2 rings (SSSR count). The van der Waals surface area contributed by atoms with Gasteiger partial charge >= 0.3 is 0 Å². The van der Waals surface area contributed by atoms with E-state index < -0.39 is 0 Å². The summed E-state index contributed by atoms with van der Waals surface area (Å²) in [4.78, 5) is 14.3. The largest absolute Gasteiger partial charge is 0.379 e. The Morgan fingerprint density at radius 1 is 1.44 bits per heavy atom. The second-order valence-electron chi connectivity index (χ2n) is 5.04. The molecule has 0 aromatic heterocycles. The first kappa shape index (κ1) is 11.9. The third-order valence-electron chi connectivity index (χ3n) is 3.42. The van der Waals surface area contributed by atoms with E-state index in [1.165, 1.54) is 12.8 Å². The van der Waals surface area contributed by atoms with Gasteiger partial charge in [-0.25, -0.2) is 0 Å². The average molecular weight is 226 g/mol. The summed E-state index contributed by atoms with van der Waals surface area (Å²) in [6, 6.07) is -0.106. The minimum absolute atomic E-state index is 0.106. The fraction of sp³-hybridized carbons (Fsp3) is 0.917. The van der Waals surface area contributed by atoms with E-state index in [4.69, 9.17) is 10.5 Å². The Balaban J connectivity index is 1.91. The molecule has 1 saturated heterocycles. The molecule has 0 aromatic carbocycles. The monoisotopic (exact) mass is 226 g/mol. The smallest absolute Gasteiger partial charge is 0.229 e. The SMILES string of the molecule is CCCN(CC1CC1)C(=O)C1COCC1N. The molecule has 92 valence electrons. The molecule has 2 N–H and O–H groups in total. The molecule has 4 nitrogen and oxygen atoms in total.